The monoisotopic (exact) mass is 500 g/mol. The molecule has 3 amide bonds. The van der Waals surface area contributed by atoms with Crippen molar-refractivity contribution in [1.29, 1.82) is 0 Å². The number of amides is 3. The van der Waals surface area contributed by atoms with Gasteiger partial charge in [0.15, 0.2) is 0 Å². The van der Waals surface area contributed by atoms with Crippen LogP contribution in [0.5, 0.6) is 0 Å². The average molecular weight is 501 g/mol. The van der Waals surface area contributed by atoms with Crippen molar-refractivity contribution < 1.29 is 14.4 Å². The van der Waals surface area contributed by atoms with E-state index in [4.69, 9.17) is 11.6 Å². The Hall–Kier alpha value is -2.52. The molecule has 162 valence electrons. The van der Waals surface area contributed by atoms with Gasteiger partial charge in [-0.25, -0.2) is 0 Å². The number of benzene rings is 2. The number of anilines is 1. The fourth-order valence-corrected chi connectivity index (χ4v) is 5.93. The highest BCUT2D eigenvalue weighted by Gasteiger charge is 2.36. The number of hydrogen-bond donors (Lipinski definition) is 1. The van der Waals surface area contributed by atoms with Crippen LogP contribution in [0, 0.1) is 6.92 Å². The molecule has 2 aromatic carbocycles. The van der Waals surface area contributed by atoms with E-state index >= 15 is 0 Å². The van der Waals surface area contributed by atoms with E-state index in [1.54, 1.807) is 30.0 Å². The third kappa shape index (κ3) is 5.63. The quantitative estimate of drug-likeness (QED) is 0.389. The smallest absolute Gasteiger partial charge is 0.294 e. The lowest BCUT2D eigenvalue weighted by Crippen LogP contribution is -2.36. The number of halogens is 1. The number of carbonyl (C=O) groups is 3. The van der Waals surface area contributed by atoms with Crippen molar-refractivity contribution in [2.45, 2.75) is 16.0 Å². The lowest BCUT2D eigenvalue weighted by Gasteiger charge is -2.12. The standard InChI is InChI=1S/C23H17ClN2O3S3/c1-14-2-6-16(7-3-14)25-20(27)13-26-22(28)19(32-23(26)29)12-18-10-11-21(31-18)30-17-8-4-15(24)5-9-17/h2-12H,13H2,1H3,(H,25,27)/b19-12-. The zero-order chi connectivity index (χ0) is 22.7. The van der Waals surface area contributed by atoms with Gasteiger partial charge >= 0.3 is 0 Å². The summed E-state index contributed by atoms with van der Waals surface area (Å²) < 4.78 is 1.05. The van der Waals surface area contributed by atoms with E-state index < -0.39 is 17.1 Å². The van der Waals surface area contributed by atoms with Crippen LogP contribution < -0.4 is 5.32 Å². The summed E-state index contributed by atoms with van der Waals surface area (Å²) in [6, 6.07) is 18.7. The molecule has 0 spiro atoms. The Balaban J connectivity index is 1.39. The number of rotatable bonds is 6. The van der Waals surface area contributed by atoms with E-state index in [0.29, 0.717) is 15.6 Å². The lowest BCUT2D eigenvalue weighted by atomic mass is 10.2. The molecule has 2 heterocycles. The fourth-order valence-electron chi connectivity index (χ4n) is 2.83. The first-order valence-electron chi connectivity index (χ1n) is 9.52. The van der Waals surface area contributed by atoms with Crippen molar-refractivity contribution in [3.05, 3.63) is 81.0 Å². The van der Waals surface area contributed by atoms with Crippen molar-refractivity contribution in [2.75, 3.05) is 11.9 Å². The zero-order valence-corrected chi connectivity index (χ0v) is 20.0. The van der Waals surface area contributed by atoms with Gasteiger partial charge in [-0.2, -0.15) is 0 Å². The second kappa shape index (κ2) is 9.95. The second-order valence-corrected chi connectivity index (χ2v) is 10.8. The Morgan fingerprint density at radius 3 is 2.50 bits per heavy atom. The number of carbonyl (C=O) groups excluding carboxylic acids is 3. The second-order valence-electron chi connectivity index (χ2n) is 6.89. The molecule has 4 rings (SSSR count). The van der Waals surface area contributed by atoms with Crippen LogP contribution in [0.1, 0.15) is 10.4 Å². The predicted octanol–water partition coefficient (Wildman–Crippen LogP) is 6.54. The molecule has 1 aliphatic heterocycles. The minimum Gasteiger partial charge on any atom is -0.325 e. The van der Waals surface area contributed by atoms with Crippen molar-refractivity contribution in [3.8, 4) is 0 Å². The molecule has 0 atom stereocenters. The molecule has 3 aromatic rings. The first kappa shape index (κ1) is 22.7. The topological polar surface area (TPSA) is 66.5 Å². The summed E-state index contributed by atoms with van der Waals surface area (Å²) in [4.78, 5) is 40.5. The molecule has 1 fully saturated rings. The van der Waals surface area contributed by atoms with E-state index in [2.05, 4.69) is 5.32 Å². The number of nitrogens with zero attached hydrogens (tertiary/aromatic N) is 1. The first-order valence-corrected chi connectivity index (χ1v) is 12.4. The molecule has 0 radical (unpaired) electrons. The largest absolute Gasteiger partial charge is 0.325 e. The van der Waals surface area contributed by atoms with Gasteiger partial charge in [0.25, 0.3) is 11.1 Å². The minimum absolute atomic E-state index is 0.308. The van der Waals surface area contributed by atoms with Crippen LogP contribution in [0.15, 0.2) is 74.7 Å². The number of hydrogen-bond acceptors (Lipinski definition) is 6. The number of thiophene rings is 1. The maximum Gasteiger partial charge on any atom is 0.294 e. The van der Waals surface area contributed by atoms with E-state index in [-0.39, 0.29) is 6.54 Å². The summed E-state index contributed by atoms with van der Waals surface area (Å²) in [6.07, 6.45) is 1.69. The molecule has 0 saturated carbocycles. The highest BCUT2D eigenvalue weighted by molar-refractivity contribution is 8.18. The van der Waals surface area contributed by atoms with Crippen LogP contribution >= 0.6 is 46.5 Å². The van der Waals surface area contributed by atoms with Gasteiger partial charge in [-0.1, -0.05) is 41.1 Å². The molecule has 0 aliphatic carbocycles. The van der Waals surface area contributed by atoms with Crippen LogP contribution in [-0.2, 0) is 9.59 Å². The summed E-state index contributed by atoms with van der Waals surface area (Å²) in [7, 11) is 0. The third-order valence-electron chi connectivity index (χ3n) is 4.42. The summed E-state index contributed by atoms with van der Waals surface area (Å²) in [5.74, 6) is -0.880. The molecular weight excluding hydrogens is 484 g/mol. The Kier molecular flexibility index (Phi) is 7.05. The van der Waals surface area contributed by atoms with Gasteiger partial charge in [0.05, 0.1) is 9.11 Å². The Bertz CT molecular complexity index is 1200. The summed E-state index contributed by atoms with van der Waals surface area (Å²) in [5, 5.41) is 2.94. The molecule has 0 unspecified atom stereocenters. The maximum absolute atomic E-state index is 12.7. The number of aryl methyl sites for hydroxylation is 1. The van der Waals surface area contributed by atoms with Crippen LogP contribution in [0.2, 0.25) is 5.02 Å². The third-order valence-corrected chi connectivity index (χ3v) is 7.75. The summed E-state index contributed by atoms with van der Waals surface area (Å²) in [5.41, 5.74) is 1.69. The Morgan fingerprint density at radius 1 is 1.06 bits per heavy atom. The average Bonchev–Trinajstić information content (AvgIpc) is 3.31. The minimum atomic E-state index is -0.459. The molecule has 1 aromatic heterocycles. The fraction of sp³-hybridized carbons (Fsp3) is 0.0870. The van der Waals surface area contributed by atoms with Gasteiger partial charge in [0.1, 0.15) is 6.54 Å². The van der Waals surface area contributed by atoms with Crippen LogP contribution in [0.4, 0.5) is 10.5 Å². The SMILES string of the molecule is Cc1ccc(NC(=O)CN2C(=O)S/C(=C\c3ccc(Sc4ccc(Cl)cc4)s3)C2=O)cc1. The lowest BCUT2D eigenvalue weighted by molar-refractivity contribution is -0.127. The normalized spacial score (nSPS) is 14.9. The van der Waals surface area contributed by atoms with Crippen LogP contribution in [0.3, 0.4) is 0 Å². The molecule has 1 saturated heterocycles. The highest BCUT2D eigenvalue weighted by atomic mass is 35.5. The van der Waals surface area contributed by atoms with E-state index in [0.717, 1.165) is 36.2 Å². The molecule has 5 nitrogen and oxygen atoms in total. The highest BCUT2D eigenvalue weighted by Crippen LogP contribution is 2.37. The van der Waals surface area contributed by atoms with Gasteiger partial charge in [-0.15, -0.1) is 11.3 Å². The molecule has 1 aliphatic rings. The van der Waals surface area contributed by atoms with E-state index in [1.165, 1.54) is 11.3 Å². The van der Waals surface area contributed by atoms with Gasteiger partial charge < -0.3 is 5.32 Å². The van der Waals surface area contributed by atoms with Crippen LogP contribution in [-0.4, -0.2) is 28.5 Å². The van der Waals surface area contributed by atoms with Gasteiger partial charge in [0, 0.05) is 20.5 Å². The number of thioether (sulfide) groups is 1. The van der Waals surface area contributed by atoms with Gasteiger partial charge in [-0.05, 0) is 73.3 Å². The van der Waals surface area contributed by atoms with Gasteiger partial charge in [0.2, 0.25) is 5.91 Å². The molecular formula is C23H17ClN2O3S3. The maximum atomic E-state index is 12.7. The van der Waals surface area contributed by atoms with E-state index in [9.17, 15) is 14.4 Å². The molecule has 1 N–H and O–H groups in total. The van der Waals surface area contributed by atoms with Crippen LogP contribution in [0.25, 0.3) is 6.08 Å². The summed E-state index contributed by atoms with van der Waals surface area (Å²) in [6.45, 7) is 1.63. The van der Waals surface area contributed by atoms with E-state index in [1.807, 2.05) is 55.5 Å². The molecule has 9 heteroatoms. The summed E-state index contributed by atoms with van der Waals surface area (Å²) >= 11 is 9.88. The first-order chi connectivity index (χ1) is 15.4. The number of nitrogens with one attached hydrogen (secondary N) is 1. The predicted molar refractivity (Wildman–Crippen MR) is 132 cm³/mol. The zero-order valence-electron chi connectivity index (χ0n) is 16.8. The van der Waals surface area contributed by atoms with Crippen molar-refractivity contribution >= 4 is 75.3 Å². The Morgan fingerprint density at radius 2 is 1.78 bits per heavy atom. The van der Waals surface area contributed by atoms with Crippen molar-refractivity contribution in [1.82, 2.24) is 4.90 Å². The number of imide groups is 1. The van der Waals surface area contributed by atoms with Crippen molar-refractivity contribution in [3.63, 3.8) is 0 Å². The molecule has 0 bridgehead atoms. The van der Waals surface area contributed by atoms with Crippen molar-refractivity contribution in [2.24, 2.45) is 0 Å². The van der Waals surface area contributed by atoms with Gasteiger partial charge in [-0.3, -0.25) is 19.3 Å². The molecule has 32 heavy (non-hydrogen) atoms. The Labute approximate surface area is 202 Å².